The number of rotatable bonds is 2. The van der Waals surface area contributed by atoms with Crippen LogP contribution in [0.2, 0.25) is 5.15 Å². The molecule has 0 aliphatic rings. The maximum Gasteiger partial charge on any atom is 0.276 e. The second-order valence-corrected chi connectivity index (χ2v) is 3.78. The smallest absolute Gasteiger partial charge is 0.276 e. The number of nitrogens with one attached hydrogen (secondary N) is 1. The second kappa shape index (κ2) is 4.84. The topological polar surface area (TPSA) is 68.0 Å². The van der Waals surface area contributed by atoms with E-state index >= 15 is 0 Å². The molecule has 0 atom stereocenters. The number of aromatic nitrogens is 1. The van der Waals surface area contributed by atoms with Gasteiger partial charge in [0.15, 0.2) is 5.69 Å². The van der Waals surface area contributed by atoms with Crippen LogP contribution < -0.4 is 11.1 Å². The normalized spacial score (nSPS) is 9.94. The lowest BCUT2D eigenvalue weighted by Crippen LogP contribution is -2.15. The molecule has 17 heavy (non-hydrogen) atoms. The van der Waals surface area contributed by atoms with Gasteiger partial charge < -0.3 is 11.1 Å². The van der Waals surface area contributed by atoms with Crippen LogP contribution in [0.4, 0.5) is 11.4 Å². The minimum atomic E-state index is -0.379. The van der Waals surface area contributed by atoms with E-state index in [0.717, 1.165) is 0 Å². The van der Waals surface area contributed by atoms with Crippen LogP contribution >= 0.6 is 11.6 Å². The Bertz CT molecular complexity index is 543. The number of para-hydroxylation sites is 1. The van der Waals surface area contributed by atoms with Crippen molar-refractivity contribution in [3.05, 3.63) is 53.3 Å². The van der Waals surface area contributed by atoms with E-state index in [4.69, 9.17) is 17.3 Å². The van der Waals surface area contributed by atoms with Crippen LogP contribution in [0, 0.1) is 0 Å². The van der Waals surface area contributed by atoms with Gasteiger partial charge in [0.1, 0.15) is 5.15 Å². The van der Waals surface area contributed by atoms with Crippen molar-refractivity contribution < 1.29 is 4.79 Å². The molecular weight excluding hydrogens is 238 g/mol. The lowest BCUT2D eigenvalue weighted by atomic mass is 10.2. The van der Waals surface area contributed by atoms with Crippen molar-refractivity contribution in [2.45, 2.75) is 0 Å². The highest BCUT2D eigenvalue weighted by Gasteiger charge is 2.12. The van der Waals surface area contributed by atoms with Crippen molar-refractivity contribution in [2.24, 2.45) is 0 Å². The number of hydrogen-bond donors (Lipinski definition) is 2. The number of carbonyl (C=O) groups excluding carboxylic acids is 1. The summed E-state index contributed by atoms with van der Waals surface area (Å²) in [5.74, 6) is -0.379. The molecule has 0 fully saturated rings. The largest absolute Gasteiger partial charge is 0.397 e. The Morgan fingerprint density at radius 2 is 1.88 bits per heavy atom. The number of nitrogens with zero attached hydrogens (tertiary/aromatic N) is 1. The molecular formula is C12H10ClN3O. The van der Waals surface area contributed by atoms with E-state index < -0.39 is 0 Å². The van der Waals surface area contributed by atoms with Crippen LogP contribution in [-0.2, 0) is 0 Å². The van der Waals surface area contributed by atoms with E-state index in [0.29, 0.717) is 11.4 Å². The lowest BCUT2D eigenvalue weighted by molar-refractivity contribution is 0.102. The van der Waals surface area contributed by atoms with Crippen molar-refractivity contribution in [3.8, 4) is 0 Å². The fourth-order valence-corrected chi connectivity index (χ4v) is 1.49. The predicted octanol–water partition coefficient (Wildman–Crippen LogP) is 2.57. The average Bonchev–Trinajstić information content (AvgIpc) is 2.33. The third kappa shape index (κ3) is 2.73. The van der Waals surface area contributed by atoms with E-state index in [2.05, 4.69) is 10.3 Å². The molecule has 2 aromatic rings. The lowest BCUT2D eigenvalue weighted by Gasteiger charge is -2.06. The molecule has 86 valence electrons. The molecule has 1 heterocycles. The molecule has 0 unspecified atom stereocenters. The quantitative estimate of drug-likeness (QED) is 0.802. The maximum absolute atomic E-state index is 11.9. The number of halogens is 1. The van der Waals surface area contributed by atoms with Crippen molar-refractivity contribution >= 4 is 28.9 Å². The third-order valence-electron chi connectivity index (χ3n) is 2.14. The Morgan fingerprint density at radius 1 is 1.18 bits per heavy atom. The Hall–Kier alpha value is -2.07. The standard InChI is InChI=1S/C12H10ClN3O/c13-10-7-6-9(14)11(16-10)12(17)15-8-4-2-1-3-5-8/h1-7H,14H2,(H,15,17). The van der Waals surface area contributed by atoms with Crippen LogP contribution in [0.3, 0.4) is 0 Å². The fourth-order valence-electron chi connectivity index (χ4n) is 1.34. The van der Waals surface area contributed by atoms with Crippen LogP contribution in [0.5, 0.6) is 0 Å². The Kier molecular flexibility index (Phi) is 3.25. The molecule has 0 saturated heterocycles. The minimum Gasteiger partial charge on any atom is -0.397 e. The zero-order valence-electron chi connectivity index (χ0n) is 8.85. The molecule has 3 N–H and O–H groups in total. The molecule has 1 amide bonds. The van der Waals surface area contributed by atoms with Crippen molar-refractivity contribution in [1.82, 2.24) is 4.98 Å². The molecule has 4 nitrogen and oxygen atoms in total. The molecule has 1 aromatic heterocycles. The van der Waals surface area contributed by atoms with Gasteiger partial charge in [-0.1, -0.05) is 29.8 Å². The number of anilines is 2. The number of carbonyl (C=O) groups is 1. The highest BCUT2D eigenvalue weighted by Crippen LogP contribution is 2.15. The van der Waals surface area contributed by atoms with E-state index in [1.807, 2.05) is 18.2 Å². The molecule has 0 aliphatic heterocycles. The zero-order chi connectivity index (χ0) is 12.3. The summed E-state index contributed by atoms with van der Waals surface area (Å²) in [5.41, 5.74) is 6.76. The summed E-state index contributed by atoms with van der Waals surface area (Å²) in [4.78, 5) is 15.8. The van der Waals surface area contributed by atoms with Gasteiger partial charge in [-0.15, -0.1) is 0 Å². The van der Waals surface area contributed by atoms with Crippen molar-refractivity contribution in [2.75, 3.05) is 11.1 Å². The van der Waals surface area contributed by atoms with Crippen LogP contribution in [-0.4, -0.2) is 10.9 Å². The van der Waals surface area contributed by atoms with Gasteiger partial charge >= 0.3 is 0 Å². The van der Waals surface area contributed by atoms with Crippen LogP contribution in [0.15, 0.2) is 42.5 Å². The van der Waals surface area contributed by atoms with Gasteiger partial charge in [-0.2, -0.15) is 0 Å². The first-order valence-corrected chi connectivity index (χ1v) is 5.33. The van der Waals surface area contributed by atoms with E-state index in [-0.39, 0.29) is 16.8 Å². The summed E-state index contributed by atoms with van der Waals surface area (Å²) >= 11 is 5.72. The second-order valence-electron chi connectivity index (χ2n) is 3.39. The van der Waals surface area contributed by atoms with E-state index in [1.54, 1.807) is 18.2 Å². The van der Waals surface area contributed by atoms with Crippen molar-refractivity contribution in [3.63, 3.8) is 0 Å². The summed E-state index contributed by atoms with van der Waals surface area (Å²) in [6.07, 6.45) is 0. The van der Waals surface area contributed by atoms with Gasteiger partial charge in [0.05, 0.1) is 5.69 Å². The van der Waals surface area contributed by atoms with Crippen LogP contribution in [0.1, 0.15) is 10.5 Å². The van der Waals surface area contributed by atoms with E-state index in [1.165, 1.54) is 6.07 Å². The first-order chi connectivity index (χ1) is 8.16. The summed E-state index contributed by atoms with van der Waals surface area (Å²) < 4.78 is 0. The Balaban J connectivity index is 2.23. The number of nitrogens with two attached hydrogens (primary N) is 1. The number of amides is 1. The number of hydrogen-bond acceptors (Lipinski definition) is 3. The number of pyridine rings is 1. The molecule has 0 radical (unpaired) electrons. The highest BCUT2D eigenvalue weighted by molar-refractivity contribution is 6.29. The van der Waals surface area contributed by atoms with Gasteiger partial charge in [-0.3, -0.25) is 4.79 Å². The molecule has 0 bridgehead atoms. The molecule has 0 saturated carbocycles. The average molecular weight is 248 g/mol. The summed E-state index contributed by atoms with van der Waals surface area (Å²) in [7, 11) is 0. The predicted molar refractivity (Wildman–Crippen MR) is 68.1 cm³/mol. The first kappa shape index (κ1) is 11.4. The van der Waals surface area contributed by atoms with Gasteiger partial charge in [-0.25, -0.2) is 4.98 Å². The number of nitrogen functional groups attached to an aromatic ring is 1. The minimum absolute atomic E-state index is 0.126. The Morgan fingerprint density at radius 3 is 2.59 bits per heavy atom. The number of benzene rings is 1. The maximum atomic E-state index is 11.9. The molecule has 5 heteroatoms. The van der Waals surface area contributed by atoms with Crippen LogP contribution in [0.25, 0.3) is 0 Å². The van der Waals surface area contributed by atoms with Gasteiger partial charge in [0, 0.05) is 5.69 Å². The molecule has 2 rings (SSSR count). The third-order valence-corrected chi connectivity index (χ3v) is 2.35. The van der Waals surface area contributed by atoms with Crippen molar-refractivity contribution in [1.29, 1.82) is 0 Å². The summed E-state index contributed by atoms with van der Waals surface area (Å²) in [5, 5.41) is 2.92. The molecule has 0 aliphatic carbocycles. The molecule has 0 spiro atoms. The van der Waals surface area contributed by atoms with Gasteiger partial charge in [0.25, 0.3) is 5.91 Å². The van der Waals surface area contributed by atoms with Gasteiger partial charge in [-0.05, 0) is 24.3 Å². The SMILES string of the molecule is Nc1ccc(Cl)nc1C(=O)Nc1ccccc1. The molecule has 1 aromatic carbocycles. The monoisotopic (exact) mass is 247 g/mol. The first-order valence-electron chi connectivity index (χ1n) is 4.95. The zero-order valence-corrected chi connectivity index (χ0v) is 9.61. The Labute approximate surface area is 103 Å². The van der Waals surface area contributed by atoms with E-state index in [9.17, 15) is 4.79 Å². The highest BCUT2D eigenvalue weighted by atomic mass is 35.5. The fraction of sp³-hybridized carbons (Fsp3) is 0. The summed E-state index contributed by atoms with van der Waals surface area (Å²) in [6.45, 7) is 0. The van der Waals surface area contributed by atoms with Gasteiger partial charge in [0.2, 0.25) is 0 Å². The summed E-state index contributed by atoms with van der Waals surface area (Å²) in [6, 6.07) is 12.2.